The molecule has 0 bridgehead atoms. The fourth-order valence-electron chi connectivity index (χ4n) is 2.21. The van der Waals surface area contributed by atoms with Crippen LogP contribution in [0.1, 0.15) is 11.1 Å². The topological polar surface area (TPSA) is 61.4 Å². The summed E-state index contributed by atoms with van der Waals surface area (Å²) in [4.78, 5) is 11.5. The molecule has 0 radical (unpaired) electrons. The minimum absolute atomic E-state index is 0.424. The van der Waals surface area contributed by atoms with Crippen molar-refractivity contribution in [1.29, 1.82) is 0 Å². The fraction of sp³-hybridized carbons (Fsp3) is 0.417. The Hall–Kier alpha value is -1.39. The largest absolute Gasteiger partial charge is 0.480 e. The standard InChI is InChI=1S/C12H16N2O2/c1-9-4-2-3-5-10(9)12(11(15)16)8-13-6-7-14-12/h2-5,13-14H,6-8H2,1H3,(H,15,16). The predicted molar refractivity (Wildman–Crippen MR) is 61.4 cm³/mol. The number of aryl methyl sites for hydroxylation is 1. The summed E-state index contributed by atoms with van der Waals surface area (Å²) in [5, 5.41) is 15.7. The van der Waals surface area contributed by atoms with Crippen LogP contribution in [0.25, 0.3) is 0 Å². The van der Waals surface area contributed by atoms with Crippen LogP contribution in [0.2, 0.25) is 0 Å². The summed E-state index contributed by atoms with van der Waals surface area (Å²) in [7, 11) is 0. The van der Waals surface area contributed by atoms with Gasteiger partial charge in [-0.25, -0.2) is 4.79 Å². The minimum atomic E-state index is -0.983. The van der Waals surface area contributed by atoms with Gasteiger partial charge < -0.3 is 10.4 Å². The van der Waals surface area contributed by atoms with Gasteiger partial charge in [0, 0.05) is 19.6 Å². The Kier molecular flexibility index (Phi) is 2.94. The summed E-state index contributed by atoms with van der Waals surface area (Å²) in [5.41, 5.74) is 0.861. The van der Waals surface area contributed by atoms with Crippen molar-refractivity contribution in [3.63, 3.8) is 0 Å². The first-order valence-electron chi connectivity index (χ1n) is 5.42. The molecule has 0 aromatic heterocycles. The first-order chi connectivity index (χ1) is 7.67. The molecule has 1 aromatic rings. The number of nitrogens with one attached hydrogen (secondary N) is 2. The van der Waals surface area contributed by atoms with Gasteiger partial charge in [-0.3, -0.25) is 5.32 Å². The maximum atomic E-state index is 11.5. The van der Waals surface area contributed by atoms with Gasteiger partial charge in [-0.1, -0.05) is 24.3 Å². The lowest BCUT2D eigenvalue weighted by atomic mass is 9.85. The van der Waals surface area contributed by atoms with Gasteiger partial charge in [0.2, 0.25) is 0 Å². The third-order valence-corrected chi connectivity index (χ3v) is 3.09. The lowest BCUT2D eigenvalue weighted by Crippen LogP contribution is -2.61. The molecule has 0 amide bonds. The van der Waals surface area contributed by atoms with E-state index in [1.807, 2.05) is 31.2 Å². The van der Waals surface area contributed by atoms with E-state index in [0.29, 0.717) is 13.1 Å². The smallest absolute Gasteiger partial charge is 0.329 e. The SMILES string of the molecule is Cc1ccccc1C1(C(=O)O)CNCCN1. The molecule has 0 aliphatic carbocycles. The van der Waals surface area contributed by atoms with E-state index in [9.17, 15) is 9.90 Å². The number of carbonyl (C=O) groups is 1. The number of benzene rings is 1. The maximum Gasteiger partial charge on any atom is 0.329 e. The van der Waals surface area contributed by atoms with E-state index in [2.05, 4.69) is 10.6 Å². The lowest BCUT2D eigenvalue weighted by molar-refractivity contribution is -0.145. The van der Waals surface area contributed by atoms with Crippen LogP contribution >= 0.6 is 0 Å². The van der Waals surface area contributed by atoms with Gasteiger partial charge in [0.15, 0.2) is 5.54 Å². The summed E-state index contributed by atoms with van der Waals surface area (Å²) in [6, 6.07) is 7.62. The summed E-state index contributed by atoms with van der Waals surface area (Å²) in [5.74, 6) is -0.825. The van der Waals surface area contributed by atoms with Crippen LogP contribution in [0.3, 0.4) is 0 Å². The molecule has 0 spiro atoms. The number of aliphatic carboxylic acids is 1. The lowest BCUT2D eigenvalue weighted by Gasteiger charge is -2.36. The van der Waals surface area contributed by atoms with Crippen molar-refractivity contribution in [1.82, 2.24) is 10.6 Å². The normalized spacial score (nSPS) is 25.3. The van der Waals surface area contributed by atoms with E-state index in [0.717, 1.165) is 17.7 Å². The molecule has 1 aliphatic heterocycles. The van der Waals surface area contributed by atoms with Gasteiger partial charge in [-0.15, -0.1) is 0 Å². The molecule has 4 nitrogen and oxygen atoms in total. The number of carboxylic acid groups (broad SMARTS) is 1. The predicted octanol–water partition coefficient (Wildman–Crippen LogP) is 0.468. The molecule has 1 aromatic carbocycles. The van der Waals surface area contributed by atoms with E-state index in [-0.39, 0.29) is 0 Å². The van der Waals surface area contributed by atoms with E-state index < -0.39 is 11.5 Å². The molecule has 86 valence electrons. The summed E-state index contributed by atoms with van der Waals surface area (Å²) in [6.45, 7) is 3.84. The number of piperazine rings is 1. The number of hydrogen-bond donors (Lipinski definition) is 3. The van der Waals surface area contributed by atoms with Crippen molar-refractivity contribution >= 4 is 5.97 Å². The van der Waals surface area contributed by atoms with Gasteiger partial charge in [-0.2, -0.15) is 0 Å². The van der Waals surface area contributed by atoms with Crippen LogP contribution in [-0.2, 0) is 10.3 Å². The van der Waals surface area contributed by atoms with Gasteiger partial charge >= 0.3 is 5.97 Å². The van der Waals surface area contributed by atoms with Crippen molar-refractivity contribution in [2.45, 2.75) is 12.5 Å². The minimum Gasteiger partial charge on any atom is -0.480 e. The molecule has 1 aliphatic rings. The number of rotatable bonds is 2. The summed E-state index contributed by atoms with van der Waals surface area (Å²) >= 11 is 0. The second-order valence-corrected chi connectivity index (χ2v) is 4.13. The Morgan fingerprint density at radius 1 is 1.38 bits per heavy atom. The van der Waals surface area contributed by atoms with Crippen molar-refractivity contribution in [3.05, 3.63) is 35.4 Å². The molecule has 0 saturated carbocycles. The number of hydrogen-bond acceptors (Lipinski definition) is 3. The van der Waals surface area contributed by atoms with Crippen molar-refractivity contribution in [3.8, 4) is 0 Å². The van der Waals surface area contributed by atoms with Crippen LogP contribution in [0.4, 0.5) is 0 Å². The van der Waals surface area contributed by atoms with Crippen LogP contribution < -0.4 is 10.6 Å². The highest BCUT2D eigenvalue weighted by Gasteiger charge is 2.42. The van der Waals surface area contributed by atoms with Crippen LogP contribution in [0, 0.1) is 6.92 Å². The monoisotopic (exact) mass is 220 g/mol. The summed E-state index contributed by atoms with van der Waals surface area (Å²) < 4.78 is 0. The van der Waals surface area contributed by atoms with Crippen LogP contribution in [0.5, 0.6) is 0 Å². The van der Waals surface area contributed by atoms with Gasteiger partial charge in [0.1, 0.15) is 0 Å². The van der Waals surface area contributed by atoms with Gasteiger partial charge in [0.05, 0.1) is 0 Å². The number of carboxylic acids is 1. The van der Waals surface area contributed by atoms with E-state index in [1.54, 1.807) is 0 Å². The Morgan fingerprint density at radius 3 is 2.69 bits per heavy atom. The zero-order valence-electron chi connectivity index (χ0n) is 9.29. The Labute approximate surface area is 94.7 Å². The molecule has 1 saturated heterocycles. The third kappa shape index (κ3) is 1.70. The van der Waals surface area contributed by atoms with E-state index in [4.69, 9.17) is 0 Å². The quantitative estimate of drug-likeness (QED) is 0.678. The van der Waals surface area contributed by atoms with Crippen molar-refractivity contribution in [2.75, 3.05) is 19.6 Å². The molecule has 1 fully saturated rings. The molecule has 16 heavy (non-hydrogen) atoms. The zero-order valence-corrected chi connectivity index (χ0v) is 9.29. The second kappa shape index (κ2) is 4.23. The molecular weight excluding hydrogens is 204 g/mol. The van der Waals surface area contributed by atoms with Gasteiger partial charge in [0.25, 0.3) is 0 Å². The first-order valence-corrected chi connectivity index (χ1v) is 5.42. The summed E-state index contributed by atoms with van der Waals surface area (Å²) in [6.07, 6.45) is 0. The van der Waals surface area contributed by atoms with Crippen molar-refractivity contribution in [2.24, 2.45) is 0 Å². The molecule has 2 rings (SSSR count). The second-order valence-electron chi connectivity index (χ2n) is 4.13. The van der Waals surface area contributed by atoms with E-state index >= 15 is 0 Å². The third-order valence-electron chi connectivity index (χ3n) is 3.09. The Morgan fingerprint density at radius 2 is 2.12 bits per heavy atom. The highest BCUT2D eigenvalue weighted by molar-refractivity contribution is 5.82. The molecular formula is C12H16N2O2. The fourth-order valence-corrected chi connectivity index (χ4v) is 2.21. The van der Waals surface area contributed by atoms with Gasteiger partial charge in [-0.05, 0) is 18.1 Å². The Bertz CT molecular complexity index is 398. The maximum absolute atomic E-state index is 11.5. The highest BCUT2D eigenvalue weighted by Crippen LogP contribution is 2.25. The van der Waals surface area contributed by atoms with Crippen LogP contribution in [-0.4, -0.2) is 30.7 Å². The highest BCUT2D eigenvalue weighted by atomic mass is 16.4. The molecule has 1 atom stereocenters. The molecule has 4 heteroatoms. The van der Waals surface area contributed by atoms with E-state index in [1.165, 1.54) is 0 Å². The molecule has 3 N–H and O–H groups in total. The molecule has 1 heterocycles. The van der Waals surface area contributed by atoms with Crippen molar-refractivity contribution < 1.29 is 9.90 Å². The van der Waals surface area contributed by atoms with Crippen LogP contribution in [0.15, 0.2) is 24.3 Å². The zero-order chi connectivity index (χ0) is 11.6. The first kappa shape index (κ1) is 11.1. The molecule has 1 unspecified atom stereocenters. The Balaban J connectivity index is 2.47. The average Bonchev–Trinajstić information content (AvgIpc) is 2.30. The average molecular weight is 220 g/mol.